The summed E-state index contributed by atoms with van der Waals surface area (Å²) >= 11 is 0. The predicted octanol–water partition coefficient (Wildman–Crippen LogP) is 0.0144. The Morgan fingerprint density at radius 2 is 1.89 bits per heavy atom. The fraction of sp³-hybridized carbons (Fsp3) is 0.667. The number of amides is 1. The predicted molar refractivity (Wildman–Crippen MR) is 95.5 cm³/mol. The van der Waals surface area contributed by atoms with Crippen LogP contribution in [0.1, 0.15) is 50.3 Å². The minimum absolute atomic E-state index is 0.0307. The largest absolute Gasteiger partial charge is 0.481 e. The number of aromatic amines is 1. The zero-order chi connectivity index (χ0) is 19.8. The molecule has 2 fully saturated rings. The Morgan fingerprint density at radius 1 is 1.22 bits per heavy atom. The van der Waals surface area contributed by atoms with E-state index in [4.69, 9.17) is 0 Å². The van der Waals surface area contributed by atoms with Crippen LogP contribution in [0.3, 0.4) is 0 Å². The van der Waals surface area contributed by atoms with Crippen molar-refractivity contribution in [2.24, 2.45) is 5.41 Å². The van der Waals surface area contributed by atoms with E-state index in [0.717, 1.165) is 12.8 Å². The Bertz CT molecular complexity index is 851. The van der Waals surface area contributed by atoms with Crippen LogP contribution in [0.4, 0.5) is 0 Å². The van der Waals surface area contributed by atoms with E-state index < -0.39 is 34.8 Å². The lowest BCUT2D eigenvalue weighted by molar-refractivity contribution is -0.141. The van der Waals surface area contributed by atoms with E-state index in [1.807, 2.05) is 0 Å². The molecule has 0 radical (unpaired) electrons. The molecule has 27 heavy (non-hydrogen) atoms. The zero-order valence-electron chi connectivity index (χ0n) is 15.3. The standard InChI is InChI=1S/C18H25N3O6/c1-11-6-14(23)19-17(27)21(11)12-9-20(10-13(12)22)15(24)7-18(8-16(25)26)4-2-3-5-18/h6,12-13,22H,2-5,7-10H2,1H3,(H,25,26)(H,19,23,27)/t12-,13-/m1/s1. The van der Waals surface area contributed by atoms with Crippen LogP contribution in [0.25, 0.3) is 0 Å². The molecule has 2 heterocycles. The quantitative estimate of drug-likeness (QED) is 0.660. The summed E-state index contributed by atoms with van der Waals surface area (Å²) in [6, 6.07) is 0.635. The normalized spacial score (nSPS) is 24.3. The molecular weight excluding hydrogens is 354 g/mol. The van der Waals surface area contributed by atoms with Crippen molar-refractivity contribution in [2.75, 3.05) is 13.1 Å². The van der Waals surface area contributed by atoms with Crippen molar-refractivity contribution in [3.05, 3.63) is 32.6 Å². The van der Waals surface area contributed by atoms with E-state index in [2.05, 4.69) is 4.98 Å². The Morgan fingerprint density at radius 3 is 2.48 bits per heavy atom. The zero-order valence-corrected chi connectivity index (χ0v) is 15.3. The second-order valence-electron chi connectivity index (χ2n) is 7.84. The number of aryl methyl sites for hydroxylation is 1. The molecule has 2 aliphatic rings. The topological polar surface area (TPSA) is 133 Å². The number of aliphatic hydroxyl groups is 1. The number of rotatable bonds is 5. The van der Waals surface area contributed by atoms with Crippen molar-refractivity contribution in [2.45, 2.75) is 57.6 Å². The average Bonchev–Trinajstić information content (AvgIpc) is 3.13. The summed E-state index contributed by atoms with van der Waals surface area (Å²) in [7, 11) is 0. The summed E-state index contributed by atoms with van der Waals surface area (Å²) in [4.78, 5) is 51.3. The number of aliphatic hydroxyl groups excluding tert-OH is 1. The second-order valence-corrected chi connectivity index (χ2v) is 7.84. The Kier molecular flexibility index (Phi) is 5.23. The van der Waals surface area contributed by atoms with Gasteiger partial charge in [0.05, 0.1) is 18.6 Å². The first kappa shape index (κ1) is 19.3. The first-order valence-corrected chi connectivity index (χ1v) is 9.21. The van der Waals surface area contributed by atoms with Gasteiger partial charge in [0.1, 0.15) is 0 Å². The summed E-state index contributed by atoms with van der Waals surface area (Å²) in [5.74, 6) is -1.10. The van der Waals surface area contributed by atoms with Crippen LogP contribution in [0.2, 0.25) is 0 Å². The van der Waals surface area contributed by atoms with Crippen LogP contribution >= 0.6 is 0 Å². The van der Waals surface area contributed by atoms with Gasteiger partial charge in [0.2, 0.25) is 5.91 Å². The molecule has 1 aromatic rings. The summed E-state index contributed by atoms with van der Waals surface area (Å²) in [5.41, 5.74) is -1.22. The van der Waals surface area contributed by atoms with Crippen molar-refractivity contribution in [3.8, 4) is 0 Å². The first-order chi connectivity index (χ1) is 12.7. The highest BCUT2D eigenvalue weighted by molar-refractivity contribution is 5.78. The molecule has 1 amide bonds. The molecule has 0 unspecified atom stereocenters. The van der Waals surface area contributed by atoms with E-state index in [9.17, 15) is 29.4 Å². The lowest BCUT2D eigenvalue weighted by Crippen LogP contribution is -2.38. The van der Waals surface area contributed by atoms with Gasteiger partial charge in [-0.3, -0.25) is 23.9 Å². The molecule has 1 aliphatic carbocycles. The minimum atomic E-state index is -0.935. The van der Waals surface area contributed by atoms with Gasteiger partial charge >= 0.3 is 11.7 Å². The fourth-order valence-corrected chi connectivity index (χ4v) is 4.55. The first-order valence-electron chi connectivity index (χ1n) is 9.21. The Hall–Kier alpha value is -2.42. The van der Waals surface area contributed by atoms with Gasteiger partial charge in [-0.2, -0.15) is 0 Å². The van der Waals surface area contributed by atoms with Crippen LogP contribution in [-0.2, 0) is 9.59 Å². The number of carboxylic acids is 1. The van der Waals surface area contributed by atoms with Crippen molar-refractivity contribution in [3.63, 3.8) is 0 Å². The molecule has 148 valence electrons. The number of H-pyrrole nitrogens is 1. The lowest BCUT2D eigenvalue weighted by Gasteiger charge is -2.29. The van der Waals surface area contributed by atoms with Crippen LogP contribution in [0, 0.1) is 12.3 Å². The lowest BCUT2D eigenvalue weighted by atomic mass is 9.79. The molecule has 1 saturated carbocycles. The van der Waals surface area contributed by atoms with Gasteiger partial charge in [0.25, 0.3) is 5.56 Å². The Balaban J connectivity index is 1.76. The number of hydrogen-bond acceptors (Lipinski definition) is 5. The number of β-amino-alcohol motifs (C(OH)–C–C–N with tert-alkyl or cyclic N) is 1. The van der Waals surface area contributed by atoms with Crippen molar-refractivity contribution < 1.29 is 19.8 Å². The summed E-state index contributed by atoms with van der Waals surface area (Å²) < 4.78 is 1.31. The summed E-state index contributed by atoms with van der Waals surface area (Å²) in [6.07, 6.45) is 2.42. The number of aromatic nitrogens is 2. The molecule has 9 nitrogen and oxygen atoms in total. The fourth-order valence-electron chi connectivity index (χ4n) is 4.55. The van der Waals surface area contributed by atoms with Crippen molar-refractivity contribution in [1.29, 1.82) is 0 Å². The minimum Gasteiger partial charge on any atom is -0.481 e. The molecule has 0 spiro atoms. The van der Waals surface area contributed by atoms with Gasteiger partial charge in [0.15, 0.2) is 0 Å². The third kappa shape index (κ3) is 3.97. The van der Waals surface area contributed by atoms with Gasteiger partial charge in [-0.25, -0.2) is 4.79 Å². The van der Waals surface area contributed by atoms with Gasteiger partial charge < -0.3 is 15.1 Å². The molecule has 0 aromatic carbocycles. The van der Waals surface area contributed by atoms with Crippen molar-refractivity contribution in [1.82, 2.24) is 14.5 Å². The van der Waals surface area contributed by atoms with E-state index in [1.54, 1.807) is 6.92 Å². The Labute approximate surface area is 155 Å². The molecular formula is C18H25N3O6. The molecule has 3 N–H and O–H groups in total. The molecule has 0 bridgehead atoms. The highest BCUT2D eigenvalue weighted by Crippen LogP contribution is 2.44. The van der Waals surface area contributed by atoms with Crippen LogP contribution in [0.15, 0.2) is 15.7 Å². The second kappa shape index (κ2) is 7.30. The van der Waals surface area contributed by atoms with Crippen LogP contribution < -0.4 is 11.2 Å². The van der Waals surface area contributed by atoms with Gasteiger partial charge in [-0.1, -0.05) is 12.8 Å². The van der Waals surface area contributed by atoms with E-state index in [0.29, 0.717) is 18.5 Å². The summed E-state index contributed by atoms with van der Waals surface area (Å²) in [6.45, 7) is 1.84. The molecule has 2 atom stereocenters. The number of hydrogen-bond donors (Lipinski definition) is 3. The van der Waals surface area contributed by atoms with E-state index in [-0.39, 0.29) is 31.8 Å². The van der Waals surface area contributed by atoms with Crippen molar-refractivity contribution >= 4 is 11.9 Å². The highest BCUT2D eigenvalue weighted by atomic mass is 16.4. The maximum Gasteiger partial charge on any atom is 0.328 e. The molecule has 1 aliphatic heterocycles. The maximum atomic E-state index is 12.8. The van der Waals surface area contributed by atoms with E-state index in [1.165, 1.54) is 15.5 Å². The average molecular weight is 379 g/mol. The highest BCUT2D eigenvalue weighted by Gasteiger charge is 2.42. The number of nitrogens with zero attached hydrogens (tertiary/aromatic N) is 2. The number of nitrogens with one attached hydrogen (secondary N) is 1. The maximum absolute atomic E-state index is 12.8. The van der Waals surface area contributed by atoms with Gasteiger partial charge in [-0.15, -0.1) is 0 Å². The number of carboxylic acid groups (broad SMARTS) is 1. The molecule has 9 heteroatoms. The molecule has 1 saturated heterocycles. The number of carbonyl (C=O) groups is 2. The van der Waals surface area contributed by atoms with Crippen LogP contribution in [-0.4, -0.2) is 55.7 Å². The number of carbonyl (C=O) groups excluding carboxylic acids is 1. The number of likely N-dealkylation sites (tertiary alicyclic amines) is 1. The van der Waals surface area contributed by atoms with Gasteiger partial charge in [0, 0.05) is 31.3 Å². The van der Waals surface area contributed by atoms with E-state index >= 15 is 0 Å². The van der Waals surface area contributed by atoms with Gasteiger partial charge in [-0.05, 0) is 25.2 Å². The monoisotopic (exact) mass is 379 g/mol. The molecule has 1 aromatic heterocycles. The van der Waals surface area contributed by atoms with Crippen LogP contribution in [0.5, 0.6) is 0 Å². The third-order valence-electron chi connectivity index (χ3n) is 5.83. The number of aliphatic carboxylic acids is 1. The SMILES string of the molecule is Cc1cc(=O)[nH]c(=O)n1[C@@H]1CN(C(=O)CC2(CC(=O)O)CCCC2)C[C@H]1O. The smallest absolute Gasteiger partial charge is 0.328 e. The third-order valence-corrected chi connectivity index (χ3v) is 5.83. The molecule has 3 rings (SSSR count). The summed E-state index contributed by atoms with van der Waals surface area (Å²) in [5, 5.41) is 19.6.